The molecule has 1 heterocycles. The van der Waals surface area contributed by atoms with E-state index in [9.17, 15) is 14.9 Å². The molecule has 192 valence electrons. The van der Waals surface area contributed by atoms with E-state index in [1.165, 1.54) is 0 Å². The molecule has 0 unspecified atom stereocenters. The van der Waals surface area contributed by atoms with E-state index in [0.717, 1.165) is 33.6 Å². The fourth-order valence-corrected chi connectivity index (χ4v) is 4.83. The zero-order valence-electron chi connectivity index (χ0n) is 21.9. The quantitative estimate of drug-likeness (QED) is 0.283. The number of hydrogen-bond acceptors (Lipinski definition) is 3. The van der Waals surface area contributed by atoms with Crippen molar-refractivity contribution in [1.29, 1.82) is 5.26 Å². The van der Waals surface area contributed by atoms with Crippen LogP contribution in [0, 0.1) is 11.3 Å². The molecule has 0 saturated carbocycles. The van der Waals surface area contributed by atoms with Crippen LogP contribution < -0.4 is 5.69 Å². The molecule has 0 atom stereocenters. The van der Waals surface area contributed by atoms with Crippen molar-refractivity contribution in [3.63, 3.8) is 0 Å². The van der Waals surface area contributed by atoms with Gasteiger partial charge in [0.15, 0.2) is 0 Å². The Bertz CT molecular complexity index is 1730. The van der Waals surface area contributed by atoms with Crippen LogP contribution in [0.4, 0.5) is 0 Å². The number of rotatable bonds is 7. The fourth-order valence-electron chi connectivity index (χ4n) is 4.83. The number of aromatic nitrogens is 2. The van der Waals surface area contributed by atoms with Gasteiger partial charge in [-0.3, -0.25) is 13.9 Å². The Morgan fingerprint density at radius 1 is 0.718 bits per heavy atom. The van der Waals surface area contributed by atoms with Crippen LogP contribution in [-0.4, -0.2) is 34.0 Å². The number of imidazole rings is 1. The van der Waals surface area contributed by atoms with Crippen molar-refractivity contribution in [3.05, 3.63) is 142 Å². The van der Waals surface area contributed by atoms with E-state index in [-0.39, 0.29) is 11.6 Å². The summed E-state index contributed by atoms with van der Waals surface area (Å²) in [6.45, 7) is 0.604. The standard InChI is InChI=1S/C33H28N4O2/c1-35(2)32(38)29-18-10-13-26(20-29)23-37-31(28-16-7-4-8-17-28)30(27-14-5-3-6-15-27)36(33(37)39)22-25-12-9-11-24(19-25)21-34/h3-20H,22-23H2,1-2H3. The molecule has 1 amide bonds. The Morgan fingerprint density at radius 3 is 1.74 bits per heavy atom. The third kappa shape index (κ3) is 5.29. The third-order valence-electron chi connectivity index (χ3n) is 6.64. The predicted molar refractivity (Wildman–Crippen MR) is 153 cm³/mol. The largest absolute Gasteiger partial charge is 0.345 e. The zero-order valence-corrected chi connectivity index (χ0v) is 21.9. The molecule has 6 heteroatoms. The molecule has 5 aromatic rings. The first-order valence-electron chi connectivity index (χ1n) is 12.7. The Morgan fingerprint density at radius 2 is 1.23 bits per heavy atom. The molecule has 0 spiro atoms. The molecule has 39 heavy (non-hydrogen) atoms. The molecule has 0 saturated heterocycles. The number of carbonyl (C=O) groups is 1. The van der Waals surface area contributed by atoms with Gasteiger partial charge in [-0.15, -0.1) is 0 Å². The number of hydrogen-bond donors (Lipinski definition) is 0. The first-order valence-corrected chi connectivity index (χ1v) is 12.7. The Kier molecular flexibility index (Phi) is 7.24. The van der Waals surface area contributed by atoms with E-state index in [2.05, 4.69) is 6.07 Å². The second-order valence-electron chi connectivity index (χ2n) is 9.60. The predicted octanol–water partition coefficient (Wildman–Crippen LogP) is 5.65. The van der Waals surface area contributed by atoms with Crippen LogP contribution in [0.3, 0.4) is 0 Å². The van der Waals surface area contributed by atoms with Crippen LogP contribution in [0.15, 0.2) is 114 Å². The summed E-state index contributed by atoms with van der Waals surface area (Å²) >= 11 is 0. The van der Waals surface area contributed by atoms with Gasteiger partial charge in [0.2, 0.25) is 0 Å². The van der Waals surface area contributed by atoms with Crippen LogP contribution in [0.2, 0.25) is 0 Å². The van der Waals surface area contributed by atoms with E-state index in [1.807, 2.05) is 97.1 Å². The summed E-state index contributed by atoms with van der Waals surface area (Å²) in [4.78, 5) is 28.4. The maximum Gasteiger partial charge on any atom is 0.329 e. The van der Waals surface area contributed by atoms with Crippen molar-refractivity contribution in [2.75, 3.05) is 14.1 Å². The SMILES string of the molecule is CN(C)C(=O)c1cccc(Cn2c(-c3ccccc3)c(-c3ccccc3)n(Cc3cccc(C#N)c3)c2=O)c1. The average Bonchev–Trinajstić information content (AvgIpc) is 3.24. The maximum atomic E-state index is 14.2. The summed E-state index contributed by atoms with van der Waals surface area (Å²) in [6, 6.07) is 36.7. The summed E-state index contributed by atoms with van der Waals surface area (Å²) in [5.41, 5.74) is 6.10. The molecule has 0 bridgehead atoms. The molecule has 4 aromatic carbocycles. The van der Waals surface area contributed by atoms with E-state index < -0.39 is 0 Å². The molecule has 5 rings (SSSR count). The van der Waals surface area contributed by atoms with Crippen molar-refractivity contribution in [1.82, 2.24) is 14.0 Å². The normalized spacial score (nSPS) is 10.7. The Balaban J connectivity index is 1.74. The molecule has 0 aliphatic heterocycles. The lowest BCUT2D eigenvalue weighted by molar-refractivity contribution is 0.0827. The highest BCUT2D eigenvalue weighted by Gasteiger charge is 2.23. The molecule has 0 aliphatic carbocycles. The lowest BCUT2D eigenvalue weighted by Crippen LogP contribution is -2.26. The van der Waals surface area contributed by atoms with Crippen molar-refractivity contribution in [3.8, 4) is 28.6 Å². The van der Waals surface area contributed by atoms with Crippen molar-refractivity contribution < 1.29 is 4.79 Å². The molecule has 6 nitrogen and oxygen atoms in total. The maximum absolute atomic E-state index is 14.2. The zero-order chi connectivity index (χ0) is 27.4. The van der Waals surface area contributed by atoms with Crippen molar-refractivity contribution in [2.45, 2.75) is 13.1 Å². The van der Waals surface area contributed by atoms with Crippen LogP contribution in [0.25, 0.3) is 22.5 Å². The summed E-state index contributed by atoms with van der Waals surface area (Å²) in [5.74, 6) is -0.0904. The number of nitriles is 1. The molecular weight excluding hydrogens is 484 g/mol. The number of carbonyl (C=O) groups excluding carboxylic acids is 1. The van der Waals surface area contributed by atoms with Crippen molar-refractivity contribution >= 4 is 5.91 Å². The minimum atomic E-state index is -0.167. The van der Waals surface area contributed by atoms with E-state index in [0.29, 0.717) is 24.2 Å². The third-order valence-corrected chi connectivity index (χ3v) is 6.64. The van der Waals surface area contributed by atoms with Crippen LogP contribution in [0.5, 0.6) is 0 Å². The minimum Gasteiger partial charge on any atom is -0.345 e. The van der Waals surface area contributed by atoms with Gasteiger partial charge in [-0.2, -0.15) is 5.26 Å². The minimum absolute atomic E-state index is 0.0904. The van der Waals surface area contributed by atoms with Gasteiger partial charge in [-0.1, -0.05) is 84.9 Å². The summed E-state index contributed by atoms with van der Waals surface area (Å²) in [6.07, 6.45) is 0. The van der Waals surface area contributed by atoms with Crippen LogP contribution in [-0.2, 0) is 13.1 Å². The molecular formula is C33H28N4O2. The summed E-state index contributed by atoms with van der Waals surface area (Å²) < 4.78 is 3.56. The number of nitrogens with zero attached hydrogens (tertiary/aromatic N) is 4. The smallest absolute Gasteiger partial charge is 0.329 e. The van der Waals surface area contributed by atoms with Gasteiger partial charge in [0, 0.05) is 30.8 Å². The lowest BCUT2D eigenvalue weighted by Gasteiger charge is -2.13. The van der Waals surface area contributed by atoms with Crippen molar-refractivity contribution in [2.24, 2.45) is 0 Å². The average molecular weight is 513 g/mol. The summed E-state index contributed by atoms with van der Waals surface area (Å²) in [7, 11) is 3.45. The van der Waals surface area contributed by atoms with Crippen LogP contribution in [0.1, 0.15) is 27.0 Å². The second-order valence-corrected chi connectivity index (χ2v) is 9.60. The van der Waals surface area contributed by atoms with E-state index in [4.69, 9.17) is 0 Å². The lowest BCUT2D eigenvalue weighted by atomic mass is 10.0. The molecule has 0 N–H and O–H groups in total. The van der Waals surface area contributed by atoms with Gasteiger partial charge in [0.05, 0.1) is 36.1 Å². The van der Waals surface area contributed by atoms with Gasteiger partial charge in [-0.25, -0.2) is 4.79 Å². The first kappa shape index (κ1) is 25.5. The highest BCUT2D eigenvalue weighted by atomic mass is 16.2. The Hall–Kier alpha value is -5.15. The first-order chi connectivity index (χ1) is 19.0. The van der Waals surface area contributed by atoms with Gasteiger partial charge >= 0.3 is 5.69 Å². The monoisotopic (exact) mass is 512 g/mol. The highest BCUT2D eigenvalue weighted by molar-refractivity contribution is 5.94. The van der Waals surface area contributed by atoms with E-state index >= 15 is 0 Å². The fraction of sp³-hybridized carbons (Fsp3) is 0.121. The molecule has 0 fully saturated rings. The van der Waals surface area contributed by atoms with Gasteiger partial charge in [0.25, 0.3) is 5.91 Å². The van der Waals surface area contributed by atoms with Gasteiger partial charge in [-0.05, 0) is 35.4 Å². The topological polar surface area (TPSA) is 71.0 Å². The molecule has 0 radical (unpaired) electrons. The highest BCUT2D eigenvalue weighted by Crippen LogP contribution is 2.33. The number of benzene rings is 4. The van der Waals surface area contributed by atoms with E-state index in [1.54, 1.807) is 40.3 Å². The molecule has 0 aliphatic rings. The second kappa shape index (κ2) is 11.1. The number of amides is 1. The van der Waals surface area contributed by atoms with Gasteiger partial charge < -0.3 is 4.90 Å². The van der Waals surface area contributed by atoms with Crippen LogP contribution >= 0.6 is 0 Å². The van der Waals surface area contributed by atoms with Gasteiger partial charge in [0.1, 0.15) is 0 Å². The Labute approximate surface area is 227 Å². The molecule has 1 aromatic heterocycles. The summed E-state index contributed by atoms with van der Waals surface area (Å²) in [5, 5.41) is 9.42.